The zero-order valence-corrected chi connectivity index (χ0v) is 15.7. The van der Waals surface area contributed by atoms with Gasteiger partial charge in [0.05, 0.1) is 22.6 Å². The van der Waals surface area contributed by atoms with E-state index in [0.29, 0.717) is 27.1 Å². The third-order valence-electron chi connectivity index (χ3n) is 4.12. The highest BCUT2D eigenvalue weighted by molar-refractivity contribution is 6.33. The van der Waals surface area contributed by atoms with Gasteiger partial charge in [-0.2, -0.15) is 5.10 Å². The van der Waals surface area contributed by atoms with Crippen molar-refractivity contribution in [3.63, 3.8) is 0 Å². The van der Waals surface area contributed by atoms with E-state index in [2.05, 4.69) is 20.6 Å². The number of benzene rings is 2. The topological polar surface area (TPSA) is 72.2 Å². The maximum atomic E-state index is 12.6. The van der Waals surface area contributed by atoms with Crippen molar-refractivity contribution in [1.82, 2.24) is 19.8 Å². The van der Waals surface area contributed by atoms with Gasteiger partial charge in [-0.05, 0) is 36.8 Å². The normalized spacial score (nSPS) is 10.9. The Morgan fingerprint density at radius 1 is 1.07 bits per heavy atom. The number of aryl methyl sites for hydroxylation is 1. The average molecular weight is 398 g/mol. The number of rotatable bonds is 3. The lowest BCUT2D eigenvalue weighted by Gasteiger charge is -2.09. The van der Waals surface area contributed by atoms with Crippen LogP contribution < -0.4 is 5.32 Å². The molecular weight excluding hydrogens is 385 g/mol. The number of aromatic nitrogens is 4. The molecule has 2 aromatic carbocycles. The monoisotopic (exact) mass is 397 g/mol. The summed E-state index contributed by atoms with van der Waals surface area (Å²) in [5, 5.41) is 16.5. The molecule has 1 N–H and O–H groups in total. The number of nitrogens with one attached hydrogen (secondary N) is 1. The lowest BCUT2D eigenvalue weighted by Crippen LogP contribution is -2.18. The van der Waals surface area contributed by atoms with Gasteiger partial charge in [0.2, 0.25) is 0 Å². The molecule has 0 aliphatic rings. The highest BCUT2D eigenvalue weighted by Crippen LogP contribution is 2.26. The molecule has 0 fully saturated rings. The Bertz CT molecular complexity index is 1170. The quantitative estimate of drug-likeness (QED) is 0.545. The van der Waals surface area contributed by atoms with Gasteiger partial charge in [-0.1, -0.05) is 47.5 Å². The number of halogens is 2. The van der Waals surface area contributed by atoms with Crippen LogP contribution in [0.5, 0.6) is 0 Å². The second-order valence-corrected chi connectivity index (χ2v) is 6.72. The maximum Gasteiger partial charge on any atom is 0.278 e. The Morgan fingerprint density at radius 2 is 1.89 bits per heavy atom. The average Bonchev–Trinajstić information content (AvgIpc) is 3.09. The highest BCUT2D eigenvalue weighted by Gasteiger charge is 2.19. The minimum atomic E-state index is -0.408. The fourth-order valence-corrected chi connectivity index (χ4v) is 3.14. The van der Waals surface area contributed by atoms with Crippen LogP contribution in [-0.4, -0.2) is 25.7 Å². The molecule has 8 heteroatoms. The predicted molar refractivity (Wildman–Crippen MR) is 105 cm³/mol. The summed E-state index contributed by atoms with van der Waals surface area (Å²) in [6.45, 7) is 1.76. The van der Waals surface area contributed by atoms with Gasteiger partial charge in [0.25, 0.3) is 5.91 Å². The van der Waals surface area contributed by atoms with Crippen LogP contribution in [0.4, 0.5) is 5.69 Å². The molecule has 0 aliphatic carbocycles. The largest absolute Gasteiger partial charge is 0.319 e. The molecule has 0 aliphatic heterocycles. The third-order valence-corrected chi connectivity index (χ3v) is 4.69. The molecule has 2 aromatic heterocycles. The summed E-state index contributed by atoms with van der Waals surface area (Å²) >= 11 is 12.2. The summed E-state index contributed by atoms with van der Waals surface area (Å²) in [6, 6.07) is 14.4. The van der Waals surface area contributed by atoms with Crippen LogP contribution in [0.15, 0.2) is 54.7 Å². The van der Waals surface area contributed by atoms with Gasteiger partial charge in [0.15, 0.2) is 11.3 Å². The van der Waals surface area contributed by atoms with Crippen molar-refractivity contribution in [2.75, 3.05) is 5.32 Å². The van der Waals surface area contributed by atoms with E-state index in [-0.39, 0.29) is 5.69 Å². The second kappa shape index (κ2) is 6.98. The molecule has 0 atom stereocenters. The summed E-state index contributed by atoms with van der Waals surface area (Å²) in [7, 11) is 0. The van der Waals surface area contributed by atoms with Crippen LogP contribution in [0.2, 0.25) is 10.0 Å². The molecule has 27 heavy (non-hydrogen) atoms. The molecule has 6 nitrogen and oxygen atoms in total. The van der Waals surface area contributed by atoms with Crippen LogP contribution in [-0.2, 0) is 0 Å². The zero-order chi connectivity index (χ0) is 19.0. The molecule has 0 bridgehead atoms. The van der Waals surface area contributed by atoms with Gasteiger partial charge >= 0.3 is 0 Å². The van der Waals surface area contributed by atoms with Gasteiger partial charge in [0.1, 0.15) is 0 Å². The molecule has 134 valence electrons. The molecule has 2 heterocycles. The summed E-state index contributed by atoms with van der Waals surface area (Å²) in [5.74, 6) is -0.408. The van der Waals surface area contributed by atoms with Crippen molar-refractivity contribution < 1.29 is 4.79 Å². The van der Waals surface area contributed by atoms with Crippen LogP contribution in [0.3, 0.4) is 0 Å². The fourth-order valence-electron chi connectivity index (χ4n) is 2.77. The van der Waals surface area contributed by atoms with E-state index in [0.717, 1.165) is 11.1 Å². The molecule has 0 unspecified atom stereocenters. The number of anilines is 1. The number of amides is 1. The molecule has 0 spiro atoms. The Balaban J connectivity index is 1.73. The molecule has 0 saturated carbocycles. The summed E-state index contributed by atoms with van der Waals surface area (Å²) < 4.78 is 1.59. The van der Waals surface area contributed by atoms with Gasteiger partial charge in [0, 0.05) is 10.6 Å². The maximum absolute atomic E-state index is 12.6. The molecule has 0 radical (unpaired) electrons. The summed E-state index contributed by atoms with van der Waals surface area (Å²) in [4.78, 5) is 12.6. The Kier molecular flexibility index (Phi) is 4.51. The Hall–Kier alpha value is -2.96. The third kappa shape index (κ3) is 3.25. The molecule has 0 saturated heterocycles. The number of para-hydroxylation sites is 1. The van der Waals surface area contributed by atoms with Crippen molar-refractivity contribution in [3.05, 3.63) is 76.2 Å². The van der Waals surface area contributed by atoms with E-state index in [1.807, 2.05) is 18.2 Å². The van der Waals surface area contributed by atoms with Gasteiger partial charge in [-0.15, -0.1) is 10.2 Å². The van der Waals surface area contributed by atoms with E-state index < -0.39 is 5.91 Å². The summed E-state index contributed by atoms with van der Waals surface area (Å²) in [6.07, 6.45) is 1.68. The van der Waals surface area contributed by atoms with E-state index in [1.54, 1.807) is 48.0 Å². The van der Waals surface area contributed by atoms with Gasteiger partial charge < -0.3 is 5.32 Å². The van der Waals surface area contributed by atoms with E-state index in [9.17, 15) is 4.79 Å². The van der Waals surface area contributed by atoms with Crippen molar-refractivity contribution >= 4 is 40.4 Å². The lowest BCUT2D eigenvalue weighted by molar-refractivity contribution is 0.102. The number of hydrogen-bond donors (Lipinski definition) is 1. The first-order valence-corrected chi connectivity index (χ1v) is 8.83. The fraction of sp³-hybridized carbons (Fsp3) is 0.0526. The van der Waals surface area contributed by atoms with E-state index in [1.165, 1.54) is 0 Å². The first-order valence-electron chi connectivity index (χ1n) is 8.07. The van der Waals surface area contributed by atoms with Crippen LogP contribution >= 0.6 is 23.2 Å². The lowest BCUT2D eigenvalue weighted by atomic mass is 10.1. The van der Waals surface area contributed by atoms with Crippen LogP contribution in [0.25, 0.3) is 16.8 Å². The number of carbonyl (C=O) groups excluding carboxylic acids is 1. The van der Waals surface area contributed by atoms with Crippen LogP contribution in [0.1, 0.15) is 16.2 Å². The number of fused-ring (bicyclic) bond motifs is 1. The zero-order valence-electron chi connectivity index (χ0n) is 14.1. The first kappa shape index (κ1) is 17.5. The van der Waals surface area contributed by atoms with Gasteiger partial charge in [-0.25, -0.2) is 4.52 Å². The van der Waals surface area contributed by atoms with E-state index >= 15 is 0 Å². The molecule has 4 rings (SSSR count). The van der Waals surface area contributed by atoms with Crippen molar-refractivity contribution in [1.29, 1.82) is 0 Å². The van der Waals surface area contributed by atoms with Crippen molar-refractivity contribution in [3.8, 4) is 11.1 Å². The molecule has 1 amide bonds. The number of hydrogen-bond acceptors (Lipinski definition) is 4. The van der Waals surface area contributed by atoms with Crippen LogP contribution in [0, 0.1) is 6.92 Å². The number of carbonyl (C=O) groups is 1. The second-order valence-electron chi connectivity index (χ2n) is 5.87. The standard InChI is InChI=1S/C19H13Cl2N5O/c1-11-17(19(27)23-16-8-3-2-7-15(16)21)24-25-18-14(10-22-26(11)18)12-5-4-6-13(20)9-12/h2-10H,1H3,(H,23,27). The summed E-state index contributed by atoms with van der Waals surface area (Å²) in [5.41, 5.74) is 3.45. The Labute approximate surface area is 164 Å². The van der Waals surface area contributed by atoms with Crippen molar-refractivity contribution in [2.24, 2.45) is 0 Å². The smallest absolute Gasteiger partial charge is 0.278 e. The Morgan fingerprint density at radius 3 is 2.67 bits per heavy atom. The predicted octanol–water partition coefficient (Wildman–Crippen LogP) is 4.66. The molecule has 4 aromatic rings. The SMILES string of the molecule is Cc1c(C(=O)Nc2ccccc2Cl)nnc2c(-c3cccc(Cl)c3)cnn12. The minimum absolute atomic E-state index is 0.170. The minimum Gasteiger partial charge on any atom is -0.319 e. The molecular formula is C19H13Cl2N5O. The van der Waals surface area contributed by atoms with Crippen molar-refractivity contribution in [2.45, 2.75) is 6.92 Å². The first-order chi connectivity index (χ1) is 13.0. The van der Waals surface area contributed by atoms with Gasteiger partial charge in [-0.3, -0.25) is 4.79 Å². The highest BCUT2D eigenvalue weighted by atomic mass is 35.5. The number of nitrogens with zero attached hydrogens (tertiary/aromatic N) is 4. The van der Waals surface area contributed by atoms with E-state index in [4.69, 9.17) is 23.2 Å².